The minimum absolute atomic E-state index is 0.152. The van der Waals surface area contributed by atoms with Gasteiger partial charge in [-0.05, 0) is 55.2 Å². The van der Waals surface area contributed by atoms with Crippen molar-refractivity contribution in [2.45, 2.75) is 20.0 Å². The largest absolute Gasteiger partial charge is 0.507 e. The van der Waals surface area contributed by atoms with E-state index in [-0.39, 0.29) is 18.3 Å². The van der Waals surface area contributed by atoms with Crippen molar-refractivity contribution in [2.75, 3.05) is 24.5 Å². The van der Waals surface area contributed by atoms with Gasteiger partial charge in [0, 0.05) is 43.0 Å². The van der Waals surface area contributed by atoms with Gasteiger partial charge in [-0.3, -0.25) is 4.98 Å². The van der Waals surface area contributed by atoms with Crippen LogP contribution < -0.4 is 10.2 Å². The van der Waals surface area contributed by atoms with E-state index in [4.69, 9.17) is 14.7 Å². The molecule has 2 aromatic heterocycles. The standard InChI is InChI=1S/C27H27N5O3/c1-18-8-9-21-23(13-18)30-25(22-6-2-3-7-24(22)33)31-26(21)32-12-10-19(16-32)15-29-27(34)35-17-20-5-4-11-28-14-20/h2-9,11,13-14,19,33H,10,12,15-17H2,1H3,(H,29,34)/t19-/m0/s1. The second-order valence-electron chi connectivity index (χ2n) is 8.83. The van der Waals surface area contributed by atoms with Crippen LogP contribution in [0, 0.1) is 12.8 Å². The summed E-state index contributed by atoms with van der Waals surface area (Å²) in [7, 11) is 0. The van der Waals surface area contributed by atoms with Crippen molar-refractivity contribution < 1.29 is 14.6 Å². The van der Waals surface area contributed by atoms with E-state index >= 15 is 0 Å². The van der Waals surface area contributed by atoms with Gasteiger partial charge in [-0.1, -0.05) is 24.3 Å². The van der Waals surface area contributed by atoms with E-state index in [2.05, 4.69) is 27.3 Å². The number of aromatic hydroxyl groups is 1. The Morgan fingerprint density at radius 2 is 2.06 bits per heavy atom. The number of rotatable bonds is 6. The number of anilines is 1. The molecule has 3 heterocycles. The van der Waals surface area contributed by atoms with Crippen LogP contribution in [-0.2, 0) is 11.3 Å². The first-order chi connectivity index (χ1) is 17.1. The highest BCUT2D eigenvalue weighted by molar-refractivity contribution is 5.92. The molecule has 1 aliphatic rings. The van der Waals surface area contributed by atoms with Crippen LogP contribution in [0.5, 0.6) is 5.75 Å². The number of hydrogen-bond donors (Lipinski definition) is 2. The van der Waals surface area contributed by atoms with Crippen LogP contribution in [0.25, 0.3) is 22.3 Å². The van der Waals surface area contributed by atoms with E-state index in [9.17, 15) is 9.90 Å². The fraction of sp³-hybridized carbons (Fsp3) is 0.259. The van der Waals surface area contributed by atoms with Crippen molar-refractivity contribution in [2.24, 2.45) is 5.92 Å². The number of alkyl carbamates (subject to hydrolysis) is 1. The third kappa shape index (κ3) is 5.16. The van der Waals surface area contributed by atoms with E-state index in [1.807, 2.05) is 37.3 Å². The first-order valence-electron chi connectivity index (χ1n) is 11.7. The number of aromatic nitrogens is 3. The number of pyridine rings is 1. The predicted molar refractivity (Wildman–Crippen MR) is 134 cm³/mol. The summed E-state index contributed by atoms with van der Waals surface area (Å²) in [5.74, 6) is 1.76. The topological polar surface area (TPSA) is 100 Å². The Hall–Kier alpha value is -4.20. The SMILES string of the molecule is Cc1ccc2c(N3CC[C@@H](CNC(=O)OCc4cccnc4)C3)nc(-c3ccccc3O)nc2c1. The lowest BCUT2D eigenvalue weighted by molar-refractivity contribution is 0.138. The van der Waals surface area contributed by atoms with Gasteiger partial charge in [0.05, 0.1) is 11.1 Å². The second kappa shape index (κ2) is 9.97. The number of carbonyl (C=O) groups excluding carboxylic acids is 1. The number of amides is 1. The Bertz CT molecular complexity index is 1350. The second-order valence-corrected chi connectivity index (χ2v) is 8.83. The molecule has 0 radical (unpaired) electrons. The van der Waals surface area contributed by atoms with Crippen LogP contribution >= 0.6 is 0 Å². The quantitative estimate of drug-likeness (QED) is 0.430. The number of carbonyl (C=O) groups is 1. The predicted octanol–water partition coefficient (Wildman–Crippen LogP) is 4.46. The summed E-state index contributed by atoms with van der Waals surface area (Å²) in [6.07, 6.45) is 3.85. The zero-order chi connectivity index (χ0) is 24.2. The van der Waals surface area contributed by atoms with Crippen LogP contribution in [0.15, 0.2) is 67.0 Å². The summed E-state index contributed by atoms with van der Waals surface area (Å²) in [5.41, 5.74) is 3.40. The molecule has 0 aliphatic carbocycles. The van der Waals surface area contributed by atoms with Gasteiger partial charge in [-0.25, -0.2) is 14.8 Å². The number of para-hydroxylation sites is 1. The maximum atomic E-state index is 12.2. The fourth-order valence-corrected chi connectivity index (χ4v) is 4.35. The van der Waals surface area contributed by atoms with Crippen molar-refractivity contribution in [3.8, 4) is 17.1 Å². The van der Waals surface area contributed by atoms with Crippen LogP contribution in [0.3, 0.4) is 0 Å². The Balaban J connectivity index is 1.30. The molecule has 2 N–H and O–H groups in total. The molecular weight excluding hydrogens is 442 g/mol. The summed E-state index contributed by atoms with van der Waals surface area (Å²) in [5, 5.41) is 14.2. The molecule has 1 fully saturated rings. The van der Waals surface area contributed by atoms with E-state index in [1.54, 1.807) is 24.5 Å². The molecule has 8 heteroatoms. The molecule has 0 unspecified atom stereocenters. The number of nitrogens with one attached hydrogen (secondary N) is 1. The number of fused-ring (bicyclic) bond motifs is 1. The van der Waals surface area contributed by atoms with E-state index in [0.29, 0.717) is 17.9 Å². The molecule has 5 rings (SSSR count). The number of aryl methyl sites for hydroxylation is 1. The van der Waals surface area contributed by atoms with Crippen LogP contribution in [0.4, 0.5) is 10.6 Å². The van der Waals surface area contributed by atoms with Crippen molar-refractivity contribution in [3.63, 3.8) is 0 Å². The number of benzene rings is 2. The Morgan fingerprint density at radius 1 is 1.17 bits per heavy atom. The Morgan fingerprint density at radius 3 is 2.89 bits per heavy atom. The summed E-state index contributed by atoms with van der Waals surface area (Å²) < 4.78 is 5.30. The highest BCUT2D eigenvalue weighted by Crippen LogP contribution is 2.33. The van der Waals surface area contributed by atoms with Crippen LogP contribution in [0.2, 0.25) is 0 Å². The van der Waals surface area contributed by atoms with Crippen LogP contribution in [0.1, 0.15) is 17.5 Å². The number of phenols is 1. The van der Waals surface area contributed by atoms with Crippen LogP contribution in [-0.4, -0.2) is 45.8 Å². The Kier molecular flexibility index (Phi) is 6.43. The molecule has 2 aromatic carbocycles. The summed E-state index contributed by atoms with van der Waals surface area (Å²) in [6.45, 7) is 4.32. The lowest BCUT2D eigenvalue weighted by atomic mass is 10.1. The monoisotopic (exact) mass is 469 g/mol. The highest BCUT2D eigenvalue weighted by Gasteiger charge is 2.26. The zero-order valence-electron chi connectivity index (χ0n) is 19.5. The van der Waals surface area contributed by atoms with Gasteiger partial charge in [0.15, 0.2) is 5.82 Å². The van der Waals surface area contributed by atoms with Crippen molar-refractivity contribution in [3.05, 3.63) is 78.1 Å². The minimum Gasteiger partial charge on any atom is -0.507 e. The van der Waals surface area contributed by atoms with Crippen molar-refractivity contribution in [1.82, 2.24) is 20.3 Å². The number of phenolic OH excluding ortho intramolecular Hbond substituents is 1. The normalized spacial score (nSPS) is 15.3. The molecule has 4 aromatic rings. The molecule has 0 bridgehead atoms. The molecule has 1 aliphatic heterocycles. The lowest BCUT2D eigenvalue weighted by Crippen LogP contribution is -2.31. The van der Waals surface area contributed by atoms with Gasteiger partial charge in [-0.2, -0.15) is 0 Å². The molecule has 1 amide bonds. The molecule has 35 heavy (non-hydrogen) atoms. The number of hydrogen-bond acceptors (Lipinski definition) is 7. The van der Waals surface area contributed by atoms with E-state index < -0.39 is 6.09 Å². The number of ether oxygens (including phenoxy) is 1. The maximum absolute atomic E-state index is 12.2. The average Bonchev–Trinajstić information content (AvgIpc) is 3.35. The molecule has 0 spiro atoms. The molecule has 1 atom stereocenters. The van der Waals surface area contributed by atoms with Gasteiger partial charge in [-0.15, -0.1) is 0 Å². The molecule has 178 valence electrons. The fourth-order valence-electron chi connectivity index (χ4n) is 4.35. The average molecular weight is 470 g/mol. The molecule has 0 saturated carbocycles. The zero-order valence-corrected chi connectivity index (χ0v) is 19.5. The third-order valence-electron chi connectivity index (χ3n) is 6.19. The van der Waals surface area contributed by atoms with Gasteiger partial charge < -0.3 is 20.1 Å². The van der Waals surface area contributed by atoms with Crippen molar-refractivity contribution >= 4 is 22.8 Å². The van der Waals surface area contributed by atoms with Crippen molar-refractivity contribution in [1.29, 1.82) is 0 Å². The van der Waals surface area contributed by atoms with Gasteiger partial charge in [0.25, 0.3) is 0 Å². The molecular formula is C27H27N5O3. The summed E-state index contributed by atoms with van der Waals surface area (Å²) >= 11 is 0. The lowest BCUT2D eigenvalue weighted by Gasteiger charge is -2.21. The van der Waals surface area contributed by atoms with Gasteiger partial charge in [0.2, 0.25) is 0 Å². The summed E-state index contributed by atoms with van der Waals surface area (Å²) in [6, 6.07) is 16.9. The first kappa shape index (κ1) is 22.6. The third-order valence-corrected chi connectivity index (χ3v) is 6.19. The molecule has 1 saturated heterocycles. The van der Waals surface area contributed by atoms with Gasteiger partial charge in [0.1, 0.15) is 18.2 Å². The maximum Gasteiger partial charge on any atom is 0.407 e. The smallest absolute Gasteiger partial charge is 0.407 e. The number of nitrogens with zero attached hydrogens (tertiary/aromatic N) is 4. The summed E-state index contributed by atoms with van der Waals surface area (Å²) in [4.78, 5) is 28.0. The Labute approximate surface area is 203 Å². The van der Waals surface area contributed by atoms with Gasteiger partial charge >= 0.3 is 6.09 Å². The van der Waals surface area contributed by atoms with E-state index in [0.717, 1.165) is 47.4 Å². The highest BCUT2D eigenvalue weighted by atomic mass is 16.5. The minimum atomic E-state index is -0.433. The molecule has 8 nitrogen and oxygen atoms in total. The van der Waals surface area contributed by atoms with E-state index in [1.165, 1.54) is 0 Å². The first-order valence-corrected chi connectivity index (χ1v) is 11.7.